The summed E-state index contributed by atoms with van der Waals surface area (Å²) in [6, 6.07) is 4.91. The van der Waals surface area contributed by atoms with Crippen molar-refractivity contribution >= 4 is 5.69 Å². The normalized spacial score (nSPS) is 36.0. The highest BCUT2D eigenvalue weighted by Crippen LogP contribution is 2.52. The van der Waals surface area contributed by atoms with Crippen molar-refractivity contribution in [3.8, 4) is 0 Å². The van der Waals surface area contributed by atoms with Crippen molar-refractivity contribution in [2.45, 2.75) is 31.6 Å². The summed E-state index contributed by atoms with van der Waals surface area (Å²) in [4.78, 5) is 2.71. The van der Waals surface area contributed by atoms with Gasteiger partial charge in [0.05, 0.1) is 0 Å². The summed E-state index contributed by atoms with van der Waals surface area (Å²) in [6.07, 6.45) is 12.3. The number of nitrogens with zero attached hydrogens (tertiary/aromatic N) is 1. The van der Waals surface area contributed by atoms with Crippen LogP contribution in [0.4, 0.5) is 5.69 Å². The SMILES string of the molecule is Cc1cc2c3c(c1)C1C=CCC1CN3CC1CC=CC21. The van der Waals surface area contributed by atoms with Crippen LogP contribution >= 0.6 is 0 Å². The summed E-state index contributed by atoms with van der Waals surface area (Å²) >= 11 is 0. The third-order valence-corrected chi connectivity index (χ3v) is 5.84. The van der Waals surface area contributed by atoms with E-state index in [2.05, 4.69) is 48.3 Å². The van der Waals surface area contributed by atoms with Crippen molar-refractivity contribution in [1.82, 2.24) is 0 Å². The largest absolute Gasteiger partial charge is 0.370 e. The lowest BCUT2D eigenvalue weighted by molar-refractivity contribution is 0.410. The average Bonchev–Trinajstić information content (AvgIpc) is 3.06. The minimum atomic E-state index is 0.682. The van der Waals surface area contributed by atoms with Crippen molar-refractivity contribution in [2.75, 3.05) is 18.0 Å². The summed E-state index contributed by atoms with van der Waals surface area (Å²) in [5.74, 6) is 3.01. The van der Waals surface area contributed by atoms with Gasteiger partial charge in [-0.25, -0.2) is 0 Å². The van der Waals surface area contributed by atoms with Gasteiger partial charge in [0.2, 0.25) is 0 Å². The highest BCUT2D eigenvalue weighted by Gasteiger charge is 2.41. The van der Waals surface area contributed by atoms with Gasteiger partial charge >= 0.3 is 0 Å². The standard InChI is InChI=1S/C19H21N/c1-12-8-17-15-6-2-4-13(15)10-20-11-14-5-3-7-16(14)18(9-12)19(17)20/h2-3,6-9,13-16H,4-5,10-11H2,1H3. The Hall–Kier alpha value is -1.50. The minimum Gasteiger partial charge on any atom is -0.370 e. The molecule has 0 aromatic heterocycles. The van der Waals surface area contributed by atoms with E-state index in [1.165, 1.54) is 31.5 Å². The number of hydrogen-bond acceptors (Lipinski definition) is 1. The van der Waals surface area contributed by atoms with Gasteiger partial charge in [-0.2, -0.15) is 0 Å². The van der Waals surface area contributed by atoms with Crippen LogP contribution in [0.25, 0.3) is 0 Å². The zero-order valence-electron chi connectivity index (χ0n) is 12.0. The molecule has 4 unspecified atom stereocenters. The van der Waals surface area contributed by atoms with Crippen molar-refractivity contribution < 1.29 is 0 Å². The monoisotopic (exact) mass is 263 g/mol. The summed E-state index contributed by atoms with van der Waals surface area (Å²) in [7, 11) is 0. The van der Waals surface area contributed by atoms with Crippen LogP contribution in [0.5, 0.6) is 0 Å². The van der Waals surface area contributed by atoms with Gasteiger partial charge < -0.3 is 4.90 Å². The molecule has 0 fully saturated rings. The van der Waals surface area contributed by atoms with Crippen LogP contribution in [0, 0.1) is 18.8 Å². The van der Waals surface area contributed by atoms with Gasteiger partial charge in [-0.3, -0.25) is 0 Å². The summed E-state index contributed by atoms with van der Waals surface area (Å²) < 4.78 is 0. The second kappa shape index (κ2) is 3.78. The van der Waals surface area contributed by atoms with Gasteiger partial charge in [0, 0.05) is 30.6 Å². The Kier molecular flexibility index (Phi) is 2.12. The Morgan fingerprint density at radius 2 is 1.45 bits per heavy atom. The fourth-order valence-electron chi connectivity index (χ4n) is 5.03. The van der Waals surface area contributed by atoms with Crippen LogP contribution < -0.4 is 4.90 Å². The van der Waals surface area contributed by atoms with Crippen molar-refractivity contribution in [3.05, 3.63) is 53.1 Å². The molecule has 0 saturated heterocycles. The number of benzene rings is 1. The van der Waals surface area contributed by atoms with E-state index in [-0.39, 0.29) is 0 Å². The molecule has 2 aliphatic carbocycles. The summed E-state index contributed by atoms with van der Waals surface area (Å²) in [5, 5.41) is 0. The first-order chi connectivity index (χ1) is 9.81. The molecule has 2 aliphatic heterocycles. The van der Waals surface area contributed by atoms with Crippen molar-refractivity contribution in [3.63, 3.8) is 0 Å². The first-order valence-electron chi connectivity index (χ1n) is 8.04. The predicted octanol–water partition coefficient (Wildman–Crippen LogP) is 4.15. The molecule has 0 bridgehead atoms. The van der Waals surface area contributed by atoms with Gasteiger partial charge in [-0.1, -0.05) is 42.0 Å². The quantitative estimate of drug-likeness (QED) is 0.636. The topological polar surface area (TPSA) is 3.24 Å². The van der Waals surface area contributed by atoms with Gasteiger partial charge in [0.15, 0.2) is 0 Å². The number of rotatable bonds is 0. The molecule has 1 aromatic rings. The third kappa shape index (κ3) is 1.33. The van der Waals surface area contributed by atoms with E-state index < -0.39 is 0 Å². The maximum absolute atomic E-state index is 2.71. The lowest BCUT2D eigenvalue weighted by Crippen LogP contribution is -2.43. The molecule has 1 aromatic carbocycles. The molecule has 102 valence electrons. The molecule has 0 spiro atoms. The predicted molar refractivity (Wildman–Crippen MR) is 83.4 cm³/mol. The maximum Gasteiger partial charge on any atom is 0.0444 e. The molecular formula is C19H21N. The first-order valence-corrected chi connectivity index (χ1v) is 8.04. The fraction of sp³-hybridized carbons (Fsp3) is 0.474. The minimum absolute atomic E-state index is 0.682. The van der Waals surface area contributed by atoms with Crippen LogP contribution in [0.15, 0.2) is 36.4 Å². The molecule has 4 atom stereocenters. The lowest BCUT2D eigenvalue weighted by Gasteiger charge is -2.46. The maximum atomic E-state index is 2.71. The number of hydrogen-bond donors (Lipinski definition) is 0. The second-order valence-corrected chi connectivity index (χ2v) is 7.10. The molecule has 1 nitrogen and oxygen atoms in total. The van der Waals surface area contributed by atoms with Crippen molar-refractivity contribution in [2.24, 2.45) is 11.8 Å². The number of anilines is 1. The molecule has 20 heavy (non-hydrogen) atoms. The number of aryl methyl sites for hydroxylation is 1. The summed E-state index contributed by atoms with van der Waals surface area (Å²) in [5.41, 5.74) is 6.27. The summed E-state index contributed by atoms with van der Waals surface area (Å²) in [6.45, 7) is 4.81. The molecule has 4 aliphatic rings. The van der Waals surface area contributed by atoms with E-state index in [9.17, 15) is 0 Å². The van der Waals surface area contributed by atoms with Crippen LogP contribution in [-0.2, 0) is 0 Å². The zero-order chi connectivity index (χ0) is 13.3. The van der Waals surface area contributed by atoms with Crippen molar-refractivity contribution in [1.29, 1.82) is 0 Å². The van der Waals surface area contributed by atoms with E-state index in [4.69, 9.17) is 0 Å². The van der Waals surface area contributed by atoms with Crippen LogP contribution in [0.1, 0.15) is 41.4 Å². The van der Waals surface area contributed by atoms with Crippen LogP contribution in [-0.4, -0.2) is 13.1 Å². The Morgan fingerprint density at radius 3 is 2.00 bits per heavy atom. The molecule has 0 radical (unpaired) electrons. The molecule has 0 N–H and O–H groups in total. The molecule has 0 saturated carbocycles. The highest BCUT2D eigenvalue weighted by molar-refractivity contribution is 5.69. The molecule has 1 heteroatoms. The van der Waals surface area contributed by atoms with E-state index in [0.29, 0.717) is 11.8 Å². The molecule has 5 rings (SSSR count). The number of allylic oxidation sites excluding steroid dienone is 4. The van der Waals surface area contributed by atoms with E-state index >= 15 is 0 Å². The Labute approximate surface area is 121 Å². The van der Waals surface area contributed by atoms with Crippen LogP contribution in [0.2, 0.25) is 0 Å². The van der Waals surface area contributed by atoms with Gasteiger partial charge in [0.25, 0.3) is 0 Å². The second-order valence-electron chi connectivity index (χ2n) is 7.10. The molecule has 2 heterocycles. The average molecular weight is 263 g/mol. The Morgan fingerprint density at radius 1 is 0.900 bits per heavy atom. The Balaban J connectivity index is 1.76. The molecular weight excluding hydrogens is 242 g/mol. The third-order valence-electron chi connectivity index (χ3n) is 5.84. The lowest BCUT2D eigenvalue weighted by atomic mass is 9.74. The molecule has 0 amide bonds. The Bertz CT molecular complexity index is 588. The number of fused-ring (bicyclic) bond motifs is 4. The highest BCUT2D eigenvalue weighted by atomic mass is 15.2. The smallest absolute Gasteiger partial charge is 0.0444 e. The van der Waals surface area contributed by atoms with E-state index in [1.54, 1.807) is 16.8 Å². The van der Waals surface area contributed by atoms with Gasteiger partial charge in [-0.15, -0.1) is 0 Å². The van der Waals surface area contributed by atoms with E-state index in [0.717, 1.165) is 11.8 Å². The van der Waals surface area contributed by atoms with Gasteiger partial charge in [0.1, 0.15) is 0 Å². The first kappa shape index (κ1) is 11.2. The van der Waals surface area contributed by atoms with Gasteiger partial charge in [-0.05, 0) is 42.7 Å². The fourth-order valence-corrected chi connectivity index (χ4v) is 5.03. The van der Waals surface area contributed by atoms with E-state index in [1.807, 2.05) is 0 Å². The van der Waals surface area contributed by atoms with Crippen LogP contribution in [0.3, 0.4) is 0 Å². The zero-order valence-corrected chi connectivity index (χ0v) is 12.0.